The summed E-state index contributed by atoms with van der Waals surface area (Å²) in [6.45, 7) is 5.74. The molecule has 0 aromatic heterocycles. The Morgan fingerprint density at radius 1 is 0.824 bits per heavy atom. The van der Waals surface area contributed by atoms with Crippen LogP contribution in [0.1, 0.15) is 16.7 Å². The van der Waals surface area contributed by atoms with Gasteiger partial charge in [0.05, 0.1) is 0 Å². The molecule has 0 fully saturated rings. The van der Waals surface area contributed by atoms with E-state index in [4.69, 9.17) is 0 Å². The first-order chi connectivity index (χ1) is 8.00. The highest BCUT2D eigenvalue weighted by atomic mass is 16.3. The number of hydrogen-bond donors (Lipinski definition) is 2. The minimum atomic E-state index is 0.127. The maximum absolute atomic E-state index is 9.76. The quantitative estimate of drug-likeness (QED) is 0.781. The highest BCUT2D eigenvalue weighted by Gasteiger charge is 2.10. The lowest BCUT2D eigenvalue weighted by Gasteiger charge is -2.12. The molecule has 2 N–H and O–H groups in total. The van der Waals surface area contributed by atoms with Crippen molar-refractivity contribution in [3.05, 3.63) is 47.0 Å². The molecule has 0 aliphatic heterocycles. The van der Waals surface area contributed by atoms with Gasteiger partial charge in [0.25, 0.3) is 0 Å². The molecule has 0 spiro atoms. The topological polar surface area (TPSA) is 40.5 Å². The maximum Gasteiger partial charge on any atom is 0.122 e. The molecule has 2 nitrogen and oxygen atoms in total. The molecule has 0 heterocycles. The van der Waals surface area contributed by atoms with Gasteiger partial charge in [-0.25, -0.2) is 0 Å². The zero-order chi connectivity index (χ0) is 12.6. The van der Waals surface area contributed by atoms with Crippen LogP contribution in [0, 0.1) is 20.8 Å². The lowest BCUT2D eigenvalue weighted by Crippen LogP contribution is -1.88. The summed E-state index contributed by atoms with van der Waals surface area (Å²) >= 11 is 0. The summed E-state index contributed by atoms with van der Waals surface area (Å²) in [5, 5.41) is 19.5. The summed E-state index contributed by atoms with van der Waals surface area (Å²) in [6.07, 6.45) is 0. The fraction of sp³-hybridized carbons (Fsp3) is 0.200. The third-order valence-corrected chi connectivity index (χ3v) is 3.12. The molecular formula is C15H16O2. The first kappa shape index (κ1) is 11.5. The third-order valence-electron chi connectivity index (χ3n) is 3.12. The summed E-state index contributed by atoms with van der Waals surface area (Å²) in [5.74, 6) is 0.255. The number of phenolic OH excluding ortho intramolecular Hbond substituents is 2. The second-order valence-electron chi connectivity index (χ2n) is 4.41. The van der Waals surface area contributed by atoms with E-state index in [-0.39, 0.29) is 11.5 Å². The van der Waals surface area contributed by atoms with E-state index in [1.165, 1.54) is 0 Å². The molecule has 0 saturated heterocycles. The molecule has 0 aliphatic rings. The van der Waals surface area contributed by atoms with Crippen molar-refractivity contribution in [1.82, 2.24) is 0 Å². The Morgan fingerprint density at radius 3 is 1.76 bits per heavy atom. The molecule has 2 heteroatoms. The predicted molar refractivity (Wildman–Crippen MR) is 69.4 cm³/mol. The minimum Gasteiger partial charge on any atom is -0.508 e. The van der Waals surface area contributed by atoms with E-state index in [2.05, 4.69) is 0 Å². The van der Waals surface area contributed by atoms with Gasteiger partial charge in [0, 0.05) is 5.56 Å². The number of aryl methyl sites for hydroxylation is 2. The summed E-state index contributed by atoms with van der Waals surface area (Å²) in [6, 6.07) is 9.45. The normalized spacial score (nSPS) is 10.5. The second-order valence-corrected chi connectivity index (χ2v) is 4.41. The molecule has 0 aliphatic carbocycles. The number of hydrogen-bond acceptors (Lipinski definition) is 2. The van der Waals surface area contributed by atoms with Crippen molar-refractivity contribution in [3.8, 4) is 22.6 Å². The molecule has 0 bridgehead atoms. The van der Waals surface area contributed by atoms with E-state index in [9.17, 15) is 10.2 Å². The van der Waals surface area contributed by atoms with Gasteiger partial charge in [-0.2, -0.15) is 0 Å². The van der Waals surface area contributed by atoms with Crippen LogP contribution < -0.4 is 0 Å². The van der Waals surface area contributed by atoms with Gasteiger partial charge in [-0.05, 0) is 55.2 Å². The van der Waals surface area contributed by atoms with Crippen molar-refractivity contribution in [2.75, 3.05) is 0 Å². The molecule has 0 amide bonds. The number of rotatable bonds is 1. The average Bonchev–Trinajstić information content (AvgIpc) is 2.25. The first-order valence-corrected chi connectivity index (χ1v) is 5.60. The van der Waals surface area contributed by atoms with E-state index >= 15 is 0 Å². The largest absolute Gasteiger partial charge is 0.508 e. The van der Waals surface area contributed by atoms with Gasteiger partial charge in [-0.3, -0.25) is 0 Å². The minimum absolute atomic E-state index is 0.127. The van der Waals surface area contributed by atoms with Gasteiger partial charge in [-0.15, -0.1) is 0 Å². The molecule has 0 saturated carbocycles. The van der Waals surface area contributed by atoms with E-state index in [0.29, 0.717) is 5.56 Å². The highest BCUT2D eigenvalue weighted by Crippen LogP contribution is 2.35. The second kappa shape index (κ2) is 4.13. The zero-order valence-electron chi connectivity index (χ0n) is 10.3. The number of aromatic hydroxyl groups is 2. The predicted octanol–water partition coefficient (Wildman–Crippen LogP) is 3.69. The van der Waals surface area contributed by atoms with Crippen LogP contribution in [0.25, 0.3) is 11.1 Å². The molecule has 2 aromatic rings. The Hall–Kier alpha value is -1.96. The summed E-state index contributed by atoms with van der Waals surface area (Å²) in [4.78, 5) is 0. The molecular weight excluding hydrogens is 212 g/mol. The van der Waals surface area contributed by atoms with Crippen LogP contribution >= 0.6 is 0 Å². The molecule has 2 aromatic carbocycles. The molecule has 88 valence electrons. The van der Waals surface area contributed by atoms with Crippen LogP contribution in [0.2, 0.25) is 0 Å². The number of phenols is 2. The van der Waals surface area contributed by atoms with Gasteiger partial charge < -0.3 is 10.2 Å². The fourth-order valence-corrected chi connectivity index (χ4v) is 2.10. The van der Waals surface area contributed by atoms with Crippen LogP contribution in [-0.4, -0.2) is 10.2 Å². The summed E-state index contributed by atoms with van der Waals surface area (Å²) in [7, 11) is 0. The fourth-order valence-electron chi connectivity index (χ4n) is 2.10. The van der Waals surface area contributed by atoms with Crippen molar-refractivity contribution in [2.45, 2.75) is 20.8 Å². The van der Waals surface area contributed by atoms with E-state index < -0.39 is 0 Å². The van der Waals surface area contributed by atoms with Crippen LogP contribution in [0.5, 0.6) is 11.5 Å². The first-order valence-electron chi connectivity index (χ1n) is 5.60. The van der Waals surface area contributed by atoms with Gasteiger partial charge in [0.1, 0.15) is 11.5 Å². The third kappa shape index (κ3) is 1.98. The van der Waals surface area contributed by atoms with Crippen molar-refractivity contribution < 1.29 is 10.2 Å². The van der Waals surface area contributed by atoms with Crippen molar-refractivity contribution >= 4 is 0 Å². The SMILES string of the molecule is Cc1cccc(C)c1-c1cc(O)c(C)c(O)c1. The van der Waals surface area contributed by atoms with Gasteiger partial charge in [-0.1, -0.05) is 18.2 Å². The van der Waals surface area contributed by atoms with Crippen molar-refractivity contribution in [2.24, 2.45) is 0 Å². The Labute approximate surface area is 101 Å². The summed E-state index contributed by atoms with van der Waals surface area (Å²) < 4.78 is 0. The zero-order valence-corrected chi connectivity index (χ0v) is 10.3. The van der Waals surface area contributed by atoms with Gasteiger partial charge in [0.2, 0.25) is 0 Å². The molecule has 2 rings (SSSR count). The average molecular weight is 228 g/mol. The van der Waals surface area contributed by atoms with Crippen molar-refractivity contribution in [3.63, 3.8) is 0 Å². The van der Waals surface area contributed by atoms with Crippen LogP contribution in [0.15, 0.2) is 30.3 Å². The lowest BCUT2D eigenvalue weighted by atomic mass is 9.94. The lowest BCUT2D eigenvalue weighted by molar-refractivity contribution is 0.443. The molecule has 0 unspecified atom stereocenters. The Balaban J connectivity index is 2.69. The monoisotopic (exact) mass is 228 g/mol. The van der Waals surface area contributed by atoms with Crippen LogP contribution in [0.3, 0.4) is 0 Å². The Kier molecular flexibility index (Phi) is 2.80. The van der Waals surface area contributed by atoms with Gasteiger partial charge in [0.15, 0.2) is 0 Å². The van der Waals surface area contributed by atoms with E-state index in [1.807, 2.05) is 32.0 Å². The smallest absolute Gasteiger partial charge is 0.122 e. The molecule has 0 radical (unpaired) electrons. The summed E-state index contributed by atoms with van der Waals surface area (Å²) in [5.41, 5.74) is 4.69. The number of benzene rings is 2. The Morgan fingerprint density at radius 2 is 1.29 bits per heavy atom. The van der Waals surface area contributed by atoms with E-state index in [1.54, 1.807) is 19.1 Å². The van der Waals surface area contributed by atoms with Crippen LogP contribution in [0.4, 0.5) is 0 Å². The molecule has 17 heavy (non-hydrogen) atoms. The van der Waals surface area contributed by atoms with E-state index in [0.717, 1.165) is 22.3 Å². The molecule has 0 atom stereocenters. The van der Waals surface area contributed by atoms with Crippen molar-refractivity contribution in [1.29, 1.82) is 0 Å². The Bertz CT molecular complexity index is 528. The van der Waals surface area contributed by atoms with Gasteiger partial charge >= 0.3 is 0 Å². The van der Waals surface area contributed by atoms with Crippen LogP contribution in [-0.2, 0) is 0 Å². The standard InChI is InChI=1S/C15H16O2/c1-9-5-4-6-10(2)15(9)12-7-13(16)11(3)14(17)8-12/h4-8,16-17H,1-3H3. The maximum atomic E-state index is 9.76. The highest BCUT2D eigenvalue weighted by molar-refractivity contribution is 5.74.